The molecule has 0 radical (unpaired) electrons. The van der Waals surface area contributed by atoms with E-state index >= 15 is 0 Å². The lowest BCUT2D eigenvalue weighted by atomic mass is 10.1. The van der Waals surface area contributed by atoms with Crippen LogP contribution in [0.25, 0.3) is 10.9 Å². The van der Waals surface area contributed by atoms with Gasteiger partial charge < -0.3 is 9.88 Å². The van der Waals surface area contributed by atoms with E-state index in [0.717, 1.165) is 24.0 Å². The van der Waals surface area contributed by atoms with Gasteiger partial charge in [-0.15, -0.1) is 0 Å². The number of hydrogen-bond donors (Lipinski definition) is 1. The summed E-state index contributed by atoms with van der Waals surface area (Å²) in [4.78, 5) is 0. The summed E-state index contributed by atoms with van der Waals surface area (Å²) in [7, 11) is 0. The normalized spacial score (nSPS) is 12.5. The van der Waals surface area contributed by atoms with Gasteiger partial charge in [-0.2, -0.15) is 13.2 Å². The van der Waals surface area contributed by atoms with Gasteiger partial charge in [0.1, 0.15) is 6.54 Å². The number of nitrogens with one attached hydrogen (secondary N) is 1. The molecule has 110 valence electrons. The van der Waals surface area contributed by atoms with Crippen molar-refractivity contribution < 1.29 is 13.2 Å². The van der Waals surface area contributed by atoms with Gasteiger partial charge in [-0.3, -0.25) is 0 Å². The van der Waals surface area contributed by atoms with Crippen LogP contribution in [0.4, 0.5) is 13.2 Å². The van der Waals surface area contributed by atoms with Crippen molar-refractivity contribution in [3.8, 4) is 0 Å². The average molecular weight is 284 g/mol. The minimum atomic E-state index is -4.19. The first-order valence-electron chi connectivity index (χ1n) is 6.70. The third-order valence-electron chi connectivity index (χ3n) is 3.07. The van der Waals surface area contributed by atoms with E-state index in [4.69, 9.17) is 0 Å². The highest BCUT2D eigenvalue weighted by Crippen LogP contribution is 2.23. The number of fused-ring (bicyclic) bond motifs is 1. The molecule has 1 aromatic carbocycles. The van der Waals surface area contributed by atoms with Gasteiger partial charge in [0.25, 0.3) is 0 Å². The minimum absolute atomic E-state index is 0.576. The maximum absolute atomic E-state index is 12.4. The summed E-state index contributed by atoms with van der Waals surface area (Å²) in [6.45, 7) is 4.98. The third kappa shape index (κ3) is 4.00. The average Bonchev–Trinajstić information content (AvgIpc) is 2.69. The molecule has 1 N–H and O–H groups in total. The van der Waals surface area contributed by atoms with E-state index in [1.807, 2.05) is 12.1 Å². The number of hydrogen-bond acceptors (Lipinski definition) is 1. The third-order valence-corrected chi connectivity index (χ3v) is 3.07. The Morgan fingerprint density at radius 2 is 1.95 bits per heavy atom. The molecule has 2 nitrogen and oxygen atoms in total. The van der Waals surface area contributed by atoms with Gasteiger partial charge in [-0.25, -0.2) is 0 Å². The van der Waals surface area contributed by atoms with Gasteiger partial charge in [-0.05, 0) is 41.6 Å². The minimum Gasteiger partial charge on any atom is -0.338 e. The fourth-order valence-electron chi connectivity index (χ4n) is 2.20. The van der Waals surface area contributed by atoms with Crippen molar-refractivity contribution in [1.29, 1.82) is 0 Å². The van der Waals surface area contributed by atoms with Crippen molar-refractivity contribution in [2.24, 2.45) is 5.92 Å². The van der Waals surface area contributed by atoms with E-state index in [-0.39, 0.29) is 0 Å². The number of rotatable bonds is 5. The molecule has 0 unspecified atom stereocenters. The summed E-state index contributed by atoms with van der Waals surface area (Å²) in [5.41, 5.74) is 1.71. The molecule has 0 saturated carbocycles. The summed E-state index contributed by atoms with van der Waals surface area (Å²) >= 11 is 0. The summed E-state index contributed by atoms with van der Waals surface area (Å²) < 4.78 is 38.5. The van der Waals surface area contributed by atoms with Crippen molar-refractivity contribution in [1.82, 2.24) is 9.88 Å². The van der Waals surface area contributed by atoms with Crippen LogP contribution in [0.1, 0.15) is 19.4 Å². The van der Waals surface area contributed by atoms with Gasteiger partial charge >= 0.3 is 6.18 Å². The van der Waals surface area contributed by atoms with Crippen LogP contribution in [0.15, 0.2) is 30.5 Å². The van der Waals surface area contributed by atoms with Crippen LogP contribution in [0.3, 0.4) is 0 Å². The first kappa shape index (κ1) is 14.9. The topological polar surface area (TPSA) is 17.0 Å². The predicted molar refractivity (Wildman–Crippen MR) is 74.5 cm³/mol. The summed E-state index contributed by atoms with van der Waals surface area (Å²) in [6.07, 6.45) is -2.70. The van der Waals surface area contributed by atoms with Crippen LogP contribution in [0, 0.1) is 5.92 Å². The highest BCUT2D eigenvalue weighted by molar-refractivity contribution is 5.80. The van der Waals surface area contributed by atoms with Crippen molar-refractivity contribution in [2.45, 2.75) is 33.1 Å². The maximum atomic E-state index is 12.4. The Hall–Kier alpha value is -1.49. The Labute approximate surface area is 116 Å². The zero-order valence-electron chi connectivity index (χ0n) is 11.7. The first-order valence-corrected chi connectivity index (χ1v) is 6.70. The van der Waals surface area contributed by atoms with Crippen LogP contribution >= 0.6 is 0 Å². The first-order chi connectivity index (χ1) is 9.35. The van der Waals surface area contributed by atoms with Gasteiger partial charge in [0, 0.05) is 18.3 Å². The molecular formula is C15H19F3N2. The van der Waals surface area contributed by atoms with E-state index in [2.05, 4.69) is 19.2 Å². The number of alkyl halides is 3. The predicted octanol–water partition coefficient (Wildman–Crippen LogP) is 3.95. The lowest BCUT2D eigenvalue weighted by Gasteiger charge is -2.10. The molecule has 0 spiro atoms. The molecule has 0 fully saturated rings. The Morgan fingerprint density at radius 1 is 1.20 bits per heavy atom. The van der Waals surface area contributed by atoms with Gasteiger partial charge in [0.15, 0.2) is 0 Å². The van der Waals surface area contributed by atoms with Gasteiger partial charge in [0.2, 0.25) is 0 Å². The Morgan fingerprint density at radius 3 is 2.60 bits per heavy atom. The van der Waals surface area contributed by atoms with E-state index in [1.165, 1.54) is 10.8 Å². The van der Waals surface area contributed by atoms with Gasteiger partial charge in [0.05, 0.1) is 0 Å². The van der Waals surface area contributed by atoms with E-state index in [1.54, 1.807) is 12.1 Å². The fraction of sp³-hybridized carbons (Fsp3) is 0.467. The molecule has 0 atom stereocenters. The molecule has 0 amide bonds. The molecule has 0 aliphatic carbocycles. The second kappa shape index (κ2) is 5.87. The second-order valence-corrected chi connectivity index (χ2v) is 5.48. The Bertz CT molecular complexity index is 570. The largest absolute Gasteiger partial charge is 0.406 e. The van der Waals surface area contributed by atoms with Crippen LogP contribution in [0.2, 0.25) is 0 Å². The fourth-order valence-corrected chi connectivity index (χ4v) is 2.20. The molecule has 0 bridgehead atoms. The number of halogens is 3. The quantitative estimate of drug-likeness (QED) is 0.879. The number of nitrogens with zero attached hydrogens (tertiary/aromatic N) is 1. The number of aromatic nitrogens is 1. The highest BCUT2D eigenvalue weighted by Gasteiger charge is 2.28. The standard InChI is InChI=1S/C15H19F3N2/c1-11(2)8-19-9-12-3-4-14-13(7-12)5-6-20(14)10-15(16,17)18/h3-7,11,19H,8-10H2,1-2H3. The number of benzene rings is 1. The lowest BCUT2D eigenvalue weighted by Crippen LogP contribution is -2.19. The van der Waals surface area contributed by atoms with Crippen LogP contribution in [-0.4, -0.2) is 17.3 Å². The lowest BCUT2D eigenvalue weighted by molar-refractivity contribution is -0.139. The van der Waals surface area contributed by atoms with Crippen molar-refractivity contribution in [3.05, 3.63) is 36.0 Å². The molecule has 5 heteroatoms. The van der Waals surface area contributed by atoms with Gasteiger partial charge in [-0.1, -0.05) is 19.9 Å². The molecule has 0 saturated heterocycles. The molecule has 2 rings (SSSR count). The Balaban J connectivity index is 2.12. The zero-order valence-corrected chi connectivity index (χ0v) is 11.7. The molecular weight excluding hydrogens is 265 g/mol. The molecule has 2 aromatic rings. The monoisotopic (exact) mass is 284 g/mol. The van der Waals surface area contributed by atoms with Crippen molar-refractivity contribution in [3.63, 3.8) is 0 Å². The molecule has 1 aromatic heterocycles. The van der Waals surface area contributed by atoms with Crippen LogP contribution in [-0.2, 0) is 13.1 Å². The summed E-state index contributed by atoms with van der Waals surface area (Å²) in [6, 6.07) is 7.30. The highest BCUT2D eigenvalue weighted by atomic mass is 19.4. The van der Waals surface area contributed by atoms with Crippen molar-refractivity contribution >= 4 is 10.9 Å². The van der Waals surface area contributed by atoms with Crippen molar-refractivity contribution in [2.75, 3.05) is 6.54 Å². The smallest absolute Gasteiger partial charge is 0.338 e. The summed E-state index contributed by atoms with van der Waals surface area (Å²) in [5.74, 6) is 0.576. The van der Waals surface area contributed by atoms with E-state index in [9.17, 15) is 13.2 Å². The zero-order chi connectivity index (χ0) is 14.8. The molecule has 0 aliphatic heterocycles. The molecule has 1 heterocycles. The maximum Gasteiger partial charge on any atom is 0.406 e. The SMILES string of the molecule is CC(C)CNCc1ccc2c(ccn2CC(F)(F)F)c1. The van der Waals surface area contributed by atoms with E-state index in [0.29, 0.717) is 11.4 Å². The van der Waals surface area contributed by atoms with E-state index < -0.39 is 12.7 Å². The molecule has 20 heavy (non-hydrogen) atoms. The summed E-state index contributed by atoms with van der Waals surface area (Å²) in [5, 5.41) is 4.17. The second-order valence-electron chi connectivity index (χ2n) is 5.48. The Kier molecular flexibility index (Phi) is 4.38. The van der Waals surface area contributed by atoms with Crippen LogP contribution < -0.4 is 5.32 Å². The van der Waals surface area contributed by atoms with Crippen LogP contribution in [0.5, 0.6) is 0 Å². The molecule has 0 aliphatic rings.